The highest BCUT2D eigenvalue weighted by Crippen LogP contribution is 2.39. The SMILES string of the molecule is NC1CN(C(=O)c2ccc(-c3cc4nccc(Oc5ccc(CC(=O)CC6CC6)cc5F)c4s3)nc2)C1. The van der Waals surface area contributed by atoms with Gasteiger partial charge in [-0.25, -0.2) is 4.39 Å². The number of hydrogen-bond donors (Lipinski definition) is 1. The predicted molar refractivity (Wildman–Crippen MR) is 139 cm³/mol. The number of nitrogens with zero attached hydrogens (tertiary/aromatic N) is 3. The van der Waals surface area contributed by atoms with Gasteiger partial charge in [0.25, 0.3) is 5.91 Å². The first-order valence-corrected chi connectivity index (χ1v) is 13.1. The van der Waals surface area contributed by atoms with Crippen LogP contribution < -0.4 is 10.5 Å². The second-order valence-corrected chi connectivity index (χ2v) is 10.8. The van der Waals surface area contributed by atoms with E-state index in [-0.39, 0.29) is 29.9 Å². The van der Waals surface area contributed by atoms with E-state index in [9.17, 15) is 14.0 Å². The monoisotopic (exact) mass is 516 g/mol. The van der Waals surface area contributed by atoms with Crippen molar-refractivity contribution in [2.75, 3.05) is 13.1 Å². The fourth-order valence-electron chi connectivity index (χ4n) is 4.45. The summed E-state index contributed by atoms with van der Waals surface area (Å²) in [4.78, 5) is 36.1. The first-order chi connectivity index (χ1) is 17.9. The molecule has 1 saturated heterocycles. The third kappa shape index (κ3) is 5.10. The van der Waals surface area contributed by atoms with Crippen LogP contribution in [0, 0.1) is 11.7 Å². The molecule has 7 nitrogen and oxygen atoms in total. The van der Waals surface area contributed by atoms with Crippen molar-refractivity contribution in [3.8, 4) is 22.1 Å². The minimum absolute atomic E-state index is 0.0474. The third-order valence-corrected chi connectivity index (χ3v) is 7.83. The van der Waals surface area contributed by atoms with Crippen molar-refractivity contribution in [2.45, 2.75) is 31.7 Å². The molecule has 0 radical (unpaired) electrons. The molecule has 9 heteroatoms. The number of nitrogens with two attached hydrogens (primary N) is 1. The van der Waals surface area contributed by atoms with Crippen molar-refractivity contribution in [1.82, 2.24) is 14.9 Å². The van der Waals surface area contributed by atoms with E-state index in [2.05, 4.69) is 9.97 Å². The molecule has 0 bridgehead atoms. The van der Waals surface area contributed by atoms with Crippen LogP contribution in [0.4, 0.5) is 4.39 Å². The smallest absolute Gasteiger partial charge is 0.255 e. The van der Waals surface area contributed by atoms with Gasteiger partial charge in [0.1, 0.15) is 11.5 Å². The maximum Gasteiger partial charge on any atom is 0.255 e. The van der Waals surface area contributed by atoms with E-state index in [0.29, 0.717) is 53.5 Å². The predicted octanol–water partition coefficient (Wildman–Crippen LogP) is 4.98. The average molecular weight is 517 g/mol. The number of carbonyl (C=O) groups is 2. The minimum Gasteiger partial charge on any atom is -0.453 e. The van der Waals surface area contributed by atoms with Crippen LogP contribution in [0.5, 0.6) is 11.5 Å². The molecule has 6 rings (SSSR count). The van der Waals surface area contributed by atoms with Crippen LogP contribution in [0.2, 0.25) is 0 Å². The van der Waals surface area contributed by atoms with Gasteiger partial charge in [-0.15, -0.1) is 11.3 Å². The van der Waals surface area contributed by atoms with E-state index in [0.717, 1.165) is 22.4 Å². The standard InChI is InChI=1S/C28H25FN4O3S/c29-21-11-17(10-20(34)9-16-1-2-16)3-6-24(21)36-25-7-8-31-23-12-26(37-27(23)25)22-5-4-18(13-32-22)28(35)33-14-19(30)15-33/h3-8,11-13,16,19H,1-2,9-10,14-15,30H2. The van der Waals surface area contributed by atoms with E-state index < -0.39 is 5.82 Å². The molecule has 1 aromatic carbocycles. The fraction of sp³-hybridized carbons (Fsp3) is 0.286. The first kappa shape index (κ1) is 23.7. The van der Waals surface area contributed by atoms with E-state index >= 15 is 0 Å². The highest BCUT2D eigenvalue weighted by molar-refractivity contribution is 7.22. The molecule has 1 aliphatic carbocycles. The van der Waals surface area contributed by atoms with Crippen molar-refractivity contribution in [3.63, 3.8) is 0 Å². The van der Waals surface area contributed by atoms with Gasteiger partial charge >= 0.3 is 0 Å². The molecule has 37 heavy (non-hydrogen) atoms. The quantitative estimate of drug-likeness (QED) is 0.355. The topological polar surface area (TPSA) is 98.4 Å². The molecule has 188 valence electrons. The Morgan fingerprint density at radius 3 is 2.62 bits per heavy atom. The molecule has 4 heterocycles. The zero-order valence-corrected chi connectivity index (χ0v) is 20.8. The molecule has 3 aromatic heterocycles. The average Bonchev–Trinajstić information content (AvgIpc) is 3.57. The molecule has 1 amide bonds. The first-order valence-electron chi connectivity index (χ1n) is 12.3. The van der Waals surface area contributed by atoms with Gasteiger partial charge in [-0.3, -0.25) is 19.6 Å². The lowest BCUT2D eigenvalue weighted by Crippen LogP contribution is -2.57. The molecular formula is C28H25FN4O3S. The van der Waals surface area contributed by atoms with E-state index in [1.165, 1.54) is 17.4 Å². The highest BCUT2D eigenvalue weighted by Gasteiger charge is 2.28. The molecule has 0 spiro atoms. The zero-order valence-electron chi connectivity index (χ0n) is 20.0. The van der Waals surface area contributed by atoms with Gasteiger partial charge in [0.05, 0.1) is 26.4 Å². The molecule has 1 aliphatic heterocycles. The summed E-state index contributed by atoms with van der Waals surface area (Å²) in [6, 6.07) is 11.9. The second kappa shape index (κ2) is 9.64. The van der Waals surface area contributed by atoms with Gasteiger partial charge in [-0.2, -0.15) is 0 Å². The Morgan fingerprint density at radius 2 is 1.92 bits per heavy atom. The Labute approximate surface area is 217 Å². The zero-order chi connectivity index (χ0) is 25.5. The minimum atomic E-state index is -0.511. The van der Waals surface area contributed by atoms with Crippen molar-refractivity contribution < 1.29 is 18.7 Å². The van der Waals surface area contributed by atoms with Gasteiger partial charge in [-0.1, -0.05) is 6.07 Å². The lowest BCUT2D eigenvalue weighted by molar-refractivity contribution is -0.118. The van der Waals surface area contributed by atoms with Crippen molar-refractivity contribution >= 4 is 33.2 Å². The van der Waals surface area contributed by atoms with Gasteiger partial charge < -0.3 is 15.4 Å². The molecule has 2 fully saturated rings. The normalized spacial score (nSPS) is 15.6. The Kier molecular flexibility index (Phi) is 6.18. The van der Waals surface area contributed by atoms with Gasteiger partial charge in [0, 0.05) is 50.4 Å². The summed E-state index contributed by atoms with van der Waals surface area (Å²) in [6.45, 7) is 1.13. The van der Waals surface area contributed by atoms with Gasteiger partial charge in [0.2, 0.25) is 0 Å². The number of thiophene rings is 1. The lowest BCUT2D eigenvalue weighted by atomic mass is 10.0. The van der Waals surface area contributed by atoms with Crippen LogP contribution in [-0.2, 0) is 11.2 Å². The number of pyridine rings is 2. The fourth-order valence-corrected chi connectivity index (χ4v) is 5.49. The van der Waals surface area contributed by atoms with E-state index in [1.807, 2.05) is 6.07 Å². The number of Topliss-reactive ketones (excluding diaryl/α,β-unsaturated/α-hetero) is 1. The van der Waals surface area contributed by atoms with Crippen LogP contribution in [0.25, 0.3) is 20.8 Å². The number of halogens is 1. The second-order valence-electron chi connectivity index (χ2n) is 9.77. The molecular weight excluding hydrogens is 491 g/mol. The number of benzene rings is 1. The number of amides is 1. The van der Waals surface area contributed by atoms with E-state index in [1.54, 1.807) is 47.6 Å². The summed E-state index contributed by atoms with van der Waals surface area (Å²) in [6.07, 6.45) is 6.24. The summed E-state index contributed by atoms with van der Waals surface area (Å²) >= 11 is 1.43. The van der Waals surface area contributed by atoms with Crippen LogP contribution in [0.3, 0.4) is 0 Å². The number of carbonyl (C=O) groups excluding carboxylic acids is 2. The number of fused-ring (bicyclic) bond motifs is 1. The maximum absolute atomic E-state index is 14.8. The summed E-state index contributed by atoms with van der Waals surface area (Å²) in [5, 5.41) is 0. The molecule has 0 atom stereocenters. The molecule has 1 saturated carbocycles. The van der Waals surface area contributed by atoms with Crippen LogP contribution in [0.1, 0.15) is 35.2 Å². The Hall–Kier alpha value is -3.69. The molecule has 0 unspecified atom stereocenters. The number of hydrogen-bond acceptors (Lipinski definition) is 7. The van der Waals surface area contributed by atoms with Crippen LogP contribution >= 0.6 is 11.3 Å². The Morgan fingerprint density at radius 1 is 1.08 bits per heavy atom. The summed E-state index contributed by atoms with van der Waals surface area (Å²) < 4.78 is 21.5. The summed E-state index contributed by atoms with van der Waals surface area (Å²) in [7, 11) is 0. The number of rotatable bonds is 8. The number of ketones is 1. The van der Waals surface area contributed by atoms with Crippen molar-refractivity contribution in [1.29, 1.82) is 0 Å². The largest absolute Gasteiger partial charge is 0.453 e. The van der Waals surface area contributed by atoms with Gasteiger partial charge in [0.15, 0.2) is 11.6 Å². The van der Waals surface area contributed by atoms with E-state index in [4.69, 9.17) is 10.5 Å². The molecule has 2 aliphatic rings. The lowest BCUT2D eigenvalue weighted by Gasteiger charge is -2.36. The van der Waals surface area contributed by atoms with Crippen LogP contribution in [0.15, 0.2) is 54.9 Å². The van der Waals surface area contributed by atoms with Crippen molar-refractivity contribution in [3.05, 3.63) is 71.8 Å². The van der Waals surface area contributed by atoms with Crippen LogP contribution in [-0.4, -0.2) is 45.7 Å². The number of aromatic nitrogens is 2. The molecule has 2 N–H and O–H groups in total. The highest BCUT2D eigenvalue weighted by atomic mass is 32.1. The maximum atomic E-state index is 14.8. The van der Waals surface area contributed by atoms with Gasteiger partial charge in [-0.05, 0) is 54.7 Å². The Balaban J connectivity index is 1.19. The Bertz CT molecular complexity index is 1490. The number of ether oxygens (including phenoxy) is 1. The third-order valence-electron chi connectivity index (χ3n) is 6.67. The molecule has 4 aromatic rings. The number of likely N-dealkylation sites (tertiary alicyclic amines) is 1. The summed E-state index contributed by atoms with van der Waals surface area (Å²) in [5.41, 5.74) is 8.36. The summed E-state index contributed by atoms with van der Waals surface area (Å²) in [5.74, 6) is 0.655. The van der Waals surface area contributed by atoms with Crippen molar-refractivity contribution in [2.24, 2.45) is 11.7 Å².